The zero-order valence-corrected chi connectivity index (χ0v) is 42.2. The van der Waals surface area contributed by atoms with Gasteiger partial charge in [0, 0.05) is 0 Å². The Kier molecular flexibility index (Phi) is 10.0. The number of hydrogen-bond acceptors (Lipinski definition) is 2. The van der Waals surface area contributed by atoms with Gasteiger partial charge in [-0.1, -0.05) is 0 Å². The van der Waals surface area contributed by atoms with Crippen molar-refractivity contribution in [1.82, 2.24) is 0 Å². The molecule has 9 fully saturated rings. The molecule has 9 aliphatic carbocycles. The fourth-order valence-corrected chi connectivity index (χ4v) is 38.5. The Morgan fingerprint density at radius 3 is 1.20 bits per heavy atom. The molecule has 0 saturated heterocycles. The molecule has 2 aromatic carbocycles. The van der Waals surface area contributed by atoms with Crippen molar-refractivity contribution in [1.29, 1.82) is 0 Å². The zero-order chi connectivity index (χ0) is 41.8. The summed E-state index contributed by atoms with van der Waals surface area (Å²) in [5, 5.41) is 27.2. The number of aromatic hydroxyl groups is 2. The number of phenolic OH excluding ortho intramolecular Hbond substituents is 2. The molecule has 5 heteroatoms. The van der Waals surface area contributed by atoms with Crippen LogP contribution in [0.25, 0.3) is 0 Å². The van der Waals surface area contributed by atoms with Crippen molar-refractivity contribution in [2.45, 2.75) is 228 Å². The van der Waals surface area contributed by atoms with E-state index in [9.17, 15) is 10.2 Å². The number of benzene rings is 2. The van der Waals surface area contributed by atoms with Crippen LogP contribution in [0.1, 0.15) is 218 Å². The maximum absolute atomic E-state index is 12.8. The zero-order valence-electron chi connectivity index (χ0n) is 39.0. The van der Waals surface area contributed by atoms with Crippen molar-refractivity contribution >= 4 is 15.9 Å². The van der Waals surface area contributed by atoms with Gasteiger partial charge in [-0.15, -0.1) is 0 Å². The molecule has 10 aliphatic rings. The van der Waals surface area contributed by atoms with Gasteiger partial charge in [-0.2, -0.15) is 0 Å². The van der Waals surface area contributed by atoms with E-state index in [4.69, 9.17) is 0 Å². The maximum atomic E-state index is 12.8. The van der Waals surface area contributed by atoms with Gasteiger partial charge in [0.2, 0.25) is 0 Å². The molecule has 6 unspecified atom stereocenters. The summed E-state index contributed by atoms with van der Waals surface area (Å²) in [7, 11) is 0.684. The second-order valence-corrected chi connectivity index (χ2v) is 38.1. The van der Waals surface area contributed by atoms with Crippen molar-refractivity contribution in [3.63, 3.8) is 0 Å². The number of fused-ring (bicyclic) bond motifs is 1. The van der Waals surface area contributed by atoms with E-state index in [1.54, 1.807) is 0 Å². The van der Waals surface area contributed by atoms with Crippen LogP contribution in [0, 0.1) is 33.5 Å². The van der Waals surface area contributed by atoms with Gasteiger partial charge in [-0.05, 0) is 0 Å². The van der Waals surface area contributed by atoms with E-state index >= 15 is 0 Å². The summed E-state index contributed by atoms with van der Waals surface area (Å²) >= 11 is -0.288. The van der Waals surface area contributed by atoms with Crippen molar-refractivity contribution in [2.75, 3.05) is 0 Å². The molecule has 12 rings (SSSR count). The minimum absolute atomic E-state index is 0.0499. The first-order chi connectivity index (χ1) is 27.5. The summed E-state index contributed by atoms with van der Waals surface area (Å²) in [5.41, 5.74) is 10.2. The number of phenols is 2. The number of rotatable bonds is 6. The van der Waals surface area contributed by atoms with Gasteiger partial charge in [0.1, 0.15) is 0 Å². The molecule has 59 heavy (non-hydrogen) atoms. The Bertz CT molecular complexity index is 1960. The molecule has 8 bridgehead atoms. The normalized spacial score (nSPS) is 43.6. The summed E-state index contributed by atoms with van der Waals surface area (Å²) in [5.74, 6) is 5.24. The van der Waals surface area contributed by atoms with Crippen molar-refractivity contribution < 1.29 is 25.7 Å². The van der Waals surface area contributed by atoms with Gasteiger partial charge in [0.05, 0.1) is 0 Å². The quantitative estimate of drug-likeness (QED) is 0.284. The fourth-order valence-electron chi connectivity index (χ4n) is 17.7. The second-order valence-electron chi connectivity index (χ2n) is 26.7. The molecule has 324 valence electrons. The third-order valence-electron chi connectivity index (χ3n) is 18.2. The third-order valence-corrected chi connectivity index (χ3v) is 34.1. The summed E-state index contributed by atoms with van der Waals surface area (Å²) in [4.78, 5) is 0. The minimum atomic E-state index is -0.288. The third kappa shape index (κ3) is 7.41. The molecule has 9 saturated carbocycles. The van der Waals surface area contributed by atoms with Crippen LogP contribution in [0.3, 0.4) is 0 Å². The predicted octanol–water partition coefficient (Wildman–Crippen LogP) is 15.4. The molecule has 0 amide bonds. The summed E-state index contributed by atoms with van der Waals surface area (Å²) in [6.45, 7) is 24.8. The van der Waals surface area contributed by atoms with Crippen LogP contribution in [0.15, 0.2) is 24.3 Å². The van der Waals surface area contributed by atoms with Crippen LogP contribution >= 0.6 is 15.9 Å². The molecule has 0 radical (unpaired) electrons. The van der Waals surface area contributed by atoms with E-state index in [-0.39, 0.29) is 37.1 Å². The Balaban J connectivity index is 1.07. The van der Waals surface area contributed by atoms with Gasteiger partial charge >= 0.3 is 373 Å². The van der Waals surface area contributed by atoms with E-state index in [1.165, 1.54) is 149 Å². The standard InChI is InChI=1S/C54H80O2S2.Ti/c1-47(2,3)39-17-37(45(55)41(19-39)53-25-35-21-49(7,31-53)29-50(8,22-35)32-53)27-57-43-15-13-11-12-14-16-44(43)58-28-38-18-40(48(4,5)6)20-42(46(38)56)54-26-36-23-51(9,33-54)30-52(10,24-36)34-54;/h17-20,35-36,43-44,55-56H,11-16,21-34H2,1-10H3;/t35?,36?,43-,44-,49?,50?,51?,52?,53?,54?;/m0./s1. The first kappa shape index (κ1) is 42.4. The molecule has 2 nitrogen and oxygen atoms in total. The fraction of sp³-hybridized carbons (Fsp3) is 0.778. The van der Waals surface area contributed by atoms with Crippen LogP contribution < -0.4 is 0 Å². The van der Waals surface area contributed by atoms with Crippen LogP contribution in [0.5, 0.6) is 11.5 Å². The van der Waals surface area contributed by atoms with Gasteiger partial charge in [-0.25, -0.2) is 0 Å². The molecular weight excluding hydrogens is 793 g/mol. The van der Waals surface area contributed by atoms with Crippen LogP contribution in [0.2, 0.25) is 0 Å². The van der Waals surface area contributed by atoms with Gasteiger partial charge in [-0.3, -0.25) is 0 Å². The predicted molar refractivity (Wildman–Crippen MR) is 250 cm³/mol. The molecule has 0 aromatic heterocycles. The molecule has 1 aliphatic heterocycles. The molecule has 8 atom stereocenters. The van der Waals surface area contributed by atoms with E-state index < -0.39 is 0 Å². The Morgan fingerprint density at radius 2 is 0.881 bits per heavy atom. The van der Waals surface area contributed by atoms with Crippen molar-refractivity contribution in [2.24, 2.45) is 33.5 Å². The first-order valence-corrected chi connectivity index (χ1v) is 31.1. The van der Waals surface area contributed by atoms with Crippen LogP contribution in [0.4, 0.5) is 0 Å². The Hall–Kier alpha value is -0.546. The topological polar surface area (TPSA) is 40.5 Å². The molecule has 2 aromatic rings. The average Bonchev–Trinajstić information content (AvgIpc) is 3.35. The van der Waals surface area contributed by atoms with Crippen LogP contribution in [-0.4, -0.2) is 20.7 Å². The molecular formula is C54H80O2S2Ti. The first-order valence-electron chi connectivity index (χ1n) is 24.4. The summed E-state index contributed by atoms with van der Waals surface area (Å²) < 4.78 is 0. The van der Waals surface area contributed by atoms with Crippen molar-refractivity contribution in [3.8, 4) is 11.5 Å². The molecule has 2 N–H and O–H groups in total. The SMILES string of the molecule is CC12CC3CC(C)(C1)CC(c1cc(C(C)(C)C)cc(C[S]4=[Ti]=[S](Cc5cc(C(C)(C)C)cc(C67CC8CC(C)(CC(C)(C8)C6)C7)c5O)[C@H]5CCCCCC[C@@H]54)c1O)(C3)C2. The van der Waals surface area contributed by atoms with E-state index in [1.807, 2.05) is 0 Å². The average molecular weight is 873 g/mol. The Morgan fingerprint density at radius 1 is 0.525 bits per heavy atom. The Labute approximate surface area is 370 Å². The summed E-state index contributed by atoms with van der Waals surface area (Å²) in [6.07, 6.45) is 24.3. The molecule has 1 heterocycles. The number of hydrogen-bond donors (Lipinski definition) is 2. The van der Waals surface area contributed by atoms with Crippen LogP contribution in [-0.2, 0) is 48.6 Å². The van der Waals surface area contributed by atoms with E-state index in [0.717, 1.165) is 33.8 Å². The monoisotopic (exact) mass is 873 g/mol. The van der Waals surface area contributed by atoms with Gasteiger partial charge in [0.25, 0.3) is 0 Å². The van der Waals surface area contributed by atoms with E-state index in [2.05, 4.69) is 93.5 Å². The van der Waals surface area contributed by atoms with Gasteiger partial charge < -0.3 is 0 Å². The van der Waals surface area contributed by atoms with Gasteiger partial charge in [0.15, 0.2) is 0 Å². The second kappa shape index (κ2) is 14.0. The van der Waals surface area contributed by atoms with E-state index in [0.29, 0.717) is 49.1 Å². The summed E-state index contributed by atoms with van der Waals surface area (Å²) in [6, 6.07) is 10.0. The van der Waals surface area contributed by atoms with Crippen molar-refractivity contribution in [3.05, 3.63) is 57.6 Å². The molecule has 0 spiro atoms.